The van der Waals surface area contributed by atoms with Crippen molar-refractivity contribution in [1.82, 2.24) is 0 Å². The summed E-state index contributed by atoms with van der Waals surface area (Å²) in [5.41, 5.74) is 2.66. The van der Waals surface area contributed by atoms with Crippen molar-refractivity contribution in [2.75, 3.05) is 35.1 Å². The first-order valence-corrected chi connectivity index (χ1v) is 9.34. The number of nitrogens with zero attached hydrogens (tertiary/aromatic N) is 1. The molecule has 1 amide bonds. The van der Waals surface area contributed by atoms with Gasteiger partial charge in [-0.2, -0.15) is 0 Å². The molecule has 2 aliphatic rings. The van der Waals surface area contributed by atoms with Gasteiger partial charge < -0.3 is 15.0 Å². The number of carbonyl (C=O) groups excluding carboxylic acids is 1. The average molecular weight is 359 g/mol. The summed E-state index contributed by atoms with van der Waals surface area (Å²) in [6.45, 7) is 1.35. The lowest BCUT2D eigenvalue weighted by molar-refractivity contribution is -0.115. The van der Waals surface area contributed by atoms with Gasteiger partial charge in [-0.3, -0.25) is 9.52 Å². The highest BCUT2D eigenvalue weighted by Gasteiger charge is 2.23. The number of hydrogen-bond acceptors (Lipinski definition) is 5. The molecule has 7 nitrogen and oxygen atoms in total. The highest BCUT2D eigenvalue weighted by molar-refractivity contribution is 7.92. The topological polar surface area (TPSA) is 87.7 Å². The molecule has 130 valence electrons. The average Bonchev–Trinajstić information content (AvgIpc) is 2.94. The van der Waals surface area contributed by atoms with Gasteiger partial charge in [0.1, 0.15) is 12.4 Å². The third-order valence-electron chi connectivity index (χ3n) is 4.32. The van der Waals surface area contributed by atoms with Crippen LogP contribution in [0.3, 0.4) is 0 Å². The molecule has 25 heavy (non-hydrogen) atoms. The number of sulfonamides is 1. The zero-order valence-corrected chi connectivity index (χ0v) is 14.4. The number of benzene rings is 2. The summed E-state index contributed by atoms with van der Waals surface area (Å²) in [5.74, 6) is 0.606. The number of fused-ring (bicyclic) bond motifs is 2. The number of carbonyl (C=O) groups is 1. The van der Waals surface area contributed by atoms with E-state index in [1.165, 1.54) is 12.1 Å². The van der Waals surface area contributed by atoms with Crippen molar-refractivity contribution in [1.29, 1.82) is 0 Å². The second kappa shape index (κ2) is 5.66. The molecule has 0 spiro atoms. The molecular formula is C17H17N3O4S. The minimum atomic E-state index is -3.74. The summed E-state index contributed by atoms with van der Waals surface area (Å²) in [7, 11) is -1.81. The molecule has 0 bridgehead atoms. The molecule has 2 N–H and O–H groups in total. The van der Waals surface area contributed by atoms with Crippen molar-refractivity contribution in [3.8, 4) is 5.75 Å². The van der Waals surface area contributed by atoms with E-state index in [1.807, 2.05) is 11.9 Å². The fraction of sp³-hybridized carbons (Fsp3) is 0.235. The Kier molecular flexibility index (Phi) is 3.57. The quantitative estimate of drug-likeness (QED) is 0.873. The smallest absolute Gasteiger partial charge is 0.261 e. The van der Waals surface area contributed by atoms with Crippen molar-refractivity contribution in [3.05, 3.63) is 42.0 Å². The molecular weight excluding hydrogens is 342 g/mol. The van der Waals surface area contributed by atoms with Crippen LogP contribution in [0.15, 0.2) is 41.3 Å². The molecule has 8 heteroatoms. The first-order valence-electron chi connectivity index (χ1n) is 7.86. The number of nitrogens with one attached hydrogen (secondary N) is 2. The van der Waals surface area contributed by atoms with Crippen LogP contribution in [0.5, 0.6) is 5.75 Å². The molecule has 0 aromatic heterocycles. The van der Waals surface area contributed by atoms with Gasteiger partial charge in [0.05, 0.1) is 29.2 Å². The third kappa shape index (κ3) is 2.89. The second-order valence-corrected chi connectivity index (χ2v) is 7.78. The zero-order chi connectivity index (χ0) is 17.6. The Bertz CT molecular complexity index is 972. The zero-order valence-electron chi connectivity index (χ0n) is 13.6. The minimum Gasteiger partial charge on any atom is -0.490 e. The van der Waals surface area contributed by atoms with Crippen LogP contribution < -0.4 is 19.7 Å². The highest BCUT2D eigenvalue weighted by Crippen LogP contribution is 2.34. The molecule has 2 aliphatic heterocycles. The van der Waals surface area contributed by atoms with E-state index in [0.29, 0.717) is 23.5 Å². The lowest BCUT2D eigenvalue weighted by Gasteiger charge is -2.28. The molecule has 2 heterocycles. The molecule has 0 radical (unpaired) electrons. The molecule has 0 saturated carbocycles. The van der Waals surface area contributed by atoms with Crippen molar-refractivity contribution in [3.63, 3.8) is 0 Å². The molecule has 4 rings (SSSR count). The van der Waals surface area contributed by atoms with E-state index in [-0.39, 0.29) is 17.2 Å². The van der Waals surface area contributed by atoms with Crippen LogP contribution in [0.25, 0.3) is 0 Å². The van der Waals surface area contributed by atoms with Crippen LogP contribution in [-0.4, -0.2) is 34.5 Å². The first kappa shape index (κ1) is 15.8. The van der Waals surface area contributed by atoms with Crippen LogP contribution >= 0.6 is 0 Å². The summed E-state index contributed by atoms with van der Waals surface area (Å²) in [6.07, 6.45) is 0.194. The van der Waals surface area contributed by atoms with E-state index in [1.54, 1.807) is 24.3 Å². The molecule has 0 atom stereocenters. The maximum Gasteiger partial charge on any atom is 0.261 e. The van der Waals surface area contributed by atoms with E-state index in [2.05, 4.69) is 10.0 Å². The van der Waals surface area contributed by atoms with E-state index in [9.17, 15) is 13.2 Å². The lowest BCUT2D eigenvalue weighted by Crippen LogP contribution is -2.28. The molecule has 0 saturated heterocycles. The Hall–Kier alpha value is -2.74. The third-order valence-corrected chi connectivity index (χ3v) is 5.70. The predicted molar refractivity (Wildman–Crippen MR) is 94.8 cm³/mol. The van der Waals surface area contributed by atoms with E-state index < -0.39 is 10.0 Å². The fourth-order valence-corrected chi connectivity index (χ4v) is 4.10. The van der Waals surface area contributed by atoms with Crippen molar-refractivity contribution in [2.24, 2.45) is 0 Å². The Labute approximate surface area is 145 Å². The Morgan fingerprint density at radius 1 is 1.20 bits per heavy atom. The Morgan fingerprint density at radius 3 is 2.88 bits per heavy atom. The number of rotatable bonds is 3. The van der Waals surface area contributed by atoms with Gasteiger partial charge in [0.2, 0.25) is 5.91 Å². The molecule has 0 aliphatic carbocycles. The van der Waals surface area contributed by atoms with Gasteiger partial charge in [-0.05, 0) is 42.0 Å². The van der Waals surface area contributed by atoms with Crippen LogP contribution in [-0.2, 0) is 21.2 Å². The highest BCUT2D eigenvalue weighted by atomic mass is 32.2. The van der Waals surface area contributed by atoms with E-state index in [0.717, 1.165) is 18.0 Å². The summed E-state index contributed by atoms with van der Waals surface area (Å²) >= 11 is 0. The van der Waals surface area contributed by atoms with Gasteiger partial charge >= 0.3 is 0 Å². The number of likely N-dealkylation sites (N-methyl/N-ethyl adjacent to an activating group) is 1. The van der Waals surface area contributed by atoms with E-state index >= 15 is 0 Å². The number of ether oxygens (including phenoxy) is 1. The fourth-order valence-electron chi connectivity index (χ4n) is 3.00. The van der Waals surface area contributed by atoms with Crippen LogP contribution in [0.2, 0.25) is 0 Å². The summed E-state index contributed by atoms with van der Waals surface area (Å²) < 4.78 is 33.5. The van der Waals surface area contributed by atoms with Gasteiger partial charge in [0.25, 0.3) is 10.0 Å². The largest absolute Gasteiger partial charge is 0.490 e. The SMILES string of the molecule is CN1CCOc2ccc(NS(=O)(=O)c3ccc4c(c3)CC(=O)N4)cc21. The van der Waals surface area contributed by atoms with Gasteiger partial charge in [0, 0.05) is 12.7 Å². The van der Waals surface area contributed by atoms with Gasteiger partial charge in [-0.25, -0.2) is 8.42 Å². The molecule has 0 fully saturated rings. The second-order valence-electron chi connectivity index (χ2n) is 6.10. The number of amides is 1. The van der Waals surface area contributed by atoms with E-state index in [4.69, 9.17) is 4.74 Å². The first-order chi connectivity index (χ1) is 11.9. The summed E-state index contributed by atoms with van der Waals surface area (Å²) in [4.78, 5) is 13.6. The van der Waals surface area contributed by atoms with Crippen LogP contribution in [0.4, 0.5) is 17.1 Å². The normalized spacial score (nSPS) is 15.9. The van der Waals surface area contributed by atoms with Gasteiger partial charge in [-0.15, -0.1) is 0 Å². The summed E-state index contributed by atoms with van der Waals surface area (Å²) in [5, 5.41) is 2.69. The molecule has 2 aromatic carbocycles. The standard InChI is InChI=1S/C17H17N3O4S/c1-20-6-7-24-16-5-2-12(10-15(16)20)19-25(22,23)13-3-4-14-11(8-13)9-17(21)18-14/h2-5,8,10,19H,6-7,9H2,1H3,(H,18,21). The maximum atomic E-state index is 12.7. The Balaban J connectivity index is 1.63. The van der Waals surface area contributed by atoms with Crippen molar-refractivity contribution in [2.45, 2.75) is 11.3 Å². The van der Waals surface area contributed by atoms with Crippen LogP contribution in [0, 0.1) is 0 Å². The number of hydrogen-bond donors (Lipinski definition) is 2. The summed E-state index contributed by atoms with van der Waals surface area (Å²) in [6, 6.07) is 9.82. The van der Waals surface area contributed by atoms with Crippen LogP contribution in [0.1, 0.15) is 5.56 Å². The number of anilines is 3. The van der Waals surface area contributed by atoms with Gasteiger partial charge in [0.15, 0.2) is 0 Å². The van der Waals surface area contributed by atoms with Gasteiger partial charge in [-0.1, -0.05) is 0 Å². The molecule has 2 aromatic rings. The molecule has 0 unspecified atom stereocenters. The minimum absolute atomic E-state index is 0.129. The predicted octanol–water partition coefficient (Wildman–Crippen LogP) is 1.81. The maximum absolute atomic E-state index is 12.7. The Morgan fingerprint density at radius 2 is 2.04 bits per heavy atom. The lowest BCUT2D eigenvalue weighted by atomic mass is 10.2. The van der Waals surface area contributed by atoms with Crippen molar-refractivity contribution >= 4 is 33.0 Å². The van der Waals surface area contributed by atoms with Crippen molar-refractivity contribution < 1.29 is 17.9 Å². The monoisotopic (exact) mass is 359 g/mol.